The third-order valence-corrected chi connectivity index (χ3v) is 4.46. The molecule has 0 saturated carbocycles. The molecule has 0 bridgehead atoms. The predicted molar refractivity (Wildman–Crippen MR) is 96.4 cm³/mol. The maximum atomic E-state index is 13.5. The molecule has 25 heavy (non-hydrogen) atoms. The van der Waals surface area contributed by atoms with Crippen LogP contribution in [0.1, 0.15) is 18.4 Å². The van der Waals surface area contributed by atoms with E-state index in [0.29, 0.717) is 19.1 Å². The van der Waals surface area contributed by atoms with Crippen LogP contribution in [0.2, 0.25) is 0 Å². The Morgan fingerprint density at radius 2 is 2.12 bits per heavy atom. The summed E-state index contributed by atoms with van der Waals surface area (Å²) in [6.45, 7) is 3.90. The molecule has 2 amide bonds. The fraction of sp³-hybridized carbons (Fsp3) is 0.350. The standard InChI is InChI=1S/C20H23FN2O2/c1-15-5-4-6-17(13-15)22-20(24)23-11-9-16(14-23)10-12-25-19-8-3-2-7-18(19)21/h2-8,13,16H,9-12,14H2,1H3,(H,22,24). The van der Waals surface area contributed by atoms with Crippen LogP contribution < -0.4 is 10.1 Å². The second-order valence-corrected chi connectivity index (χ2v) is 6.47. The molecule has 1 aliphatic rings. The number of carbonyl (C=O) groups is 1. The van der Waals surface area contributed by atoms with Crippen molar-refractivity contribution in [2.24, 2.45) is 5.92 Å². The summed E-state index contributed by atoms with van der Waals surface area (Å²) in [7, 11) is 0. The van der Waals surface area contributed by atoms with Crippen molar-refractivity contribution in [1.29, 1.82) is 0 Å². The number of urea groups is 1. The van der Waals surface area contributed by atoms with Gasteiger partial charge in [-0.3, -0.25) is 0 Å². The number of nitrogens with zero attached hydrogens (tertiary/aromatic N) is 1. The summed E-state index contributed by atoms with van der Waals surface area (Å²) in [5.74, 6) is 0.331. The monoisotopic (exact) mass is 342 g/mol. The van der Waals surface area contributed by atoms with E-state index in [9.17, 15) is 9.18 Å². The minimum atomic E-state index is -0.340. The first-order valence-electron chi connectivity index (χ1n) is 8.62. The molecule has 0 spiro atoms. The topological polar surface area (TPSA) is 41.6 Å². The van der Waals surface area contributed by atoms with E-state index in [1.165, 1.54) is 6.07 Å². The maximum absolute atomic E-state index is 13.5. The lowest BCUT2D eigenvalue weighted by molar-refractivity contribution is 0.218. The van der Waals surface area contributed by atoms with Crippen LogP contribution in [0.5, 0.6) is 5.75 Å². The minimum Gasteiger partial charge on any atom is -0.491 e. The average molecular weight is 342 g/mol. The van der Waals surface area contributed by atoms with Crippen LogP contribution in [0.25, 0.3) is 0 Å². The van der Waals surface area contributed by atoms with E-state index in [1.807, 2.05) is 36.1 Å². The van der Waals surface area contributed by atoms with Crippen LogP contribution in [-0.4, -0.2) is 30.6 Å². The van der Waals surface area contributed by atoms with Gasteiger partial charge < -0.3 is 15.0 Å². The van der Waals surface area contributed by atoms with Gasteiger partial charge in [0, 0.05) is 18.8 Å². The number of ether oxygens (including phenoxy) is 1. The van der Waals surface area contributed by atoms with Gasteiger partial charge in [-0.2, -0.15) is 0 Å². The van der Waals surface area contributed by atoms with Gasteiger partial charge in [-0.1, -0.05) is 24.3 Å². The summed E-state index contributed by atoms with van der Waals surface area (Å²) in [5, 5.41) is 2.94. The molecule has 1 aliphatic heterocycles. The number of amides is 2. The van der Waals surface area contributed by atoms with Gasteiger partial charge in [0.15, 0.2) is 11.6 Å². The Morgan fingerprint density at radius 3 is 2.92 bits per heavy atom. The number of hydrogen-bond acceptors (Lipinski definition) is 2. The summed E-state index contributed by atoms with van der Waals surface area (Å²) in [4.78, 5) is 14.2. The summed E-state index contributed by atoms with van der Waals surface area (Å²) in [5.41, 5.74) is 1.93. The second-order valence-electron chi connectivity index (χ2n) is 6.47. The van der Waals surface area contributed by atoms with E-state index >= 15 is 0 Å². The van der Waals surface area contributed by atoms with E-state index in [-0.39, 0.29) is 17.6 Å². The number of hydrogen-bond donors (Lipinski definition) is 1. The van der Waals surface area contributed by atoms with Crippen molar-refractivity contribution in [2.75, 3.05) is 25.0 Å². The number of benzene rings is 2. The van der Waals surface area contributed by atoms with Gasteiger partial charge in [0.2, 0.25) is 0 Å². The number of halogens is 1. The zero-order valence-corrected chi connectivity index (χ0v) is 14.4. The quantitative estimate of drug-likeness (QED) is 0.872. The van der Waals surface area contributed by atoms with Gasteiger partial charge in [0.1, 0.15) is 0 Å². The predicted octanol–water partition coefficient (Wildman–Crippen LogP) is 4.46. The van der Waals surface area contributed by atoms with Crippen LogP contribution >= 0.6 is 0 Å². The molecule has 0 aromatic heterocycles. The van der Waals surface area contributed by atoms with Crippen LogP contribution in [0.4, 0.5) is 14.9 Å². The Kier molecular flexibility index (Phi) is 5.53. The largest absolute Gasteiger partial charge is 0.491 e. The van der Waals surface area contributed by atoms with Gasteiger partial charge in [-0.05, 0) is 55.5 Å². The Morgan fingerprint density at radius 1 is 1.28 bits per heavy atom. The molecule has 1 heterocycles. The first kappa shape index (κ1) is 17.3. The number of rotatable bonds is 5. The first-order valence-corrected chi connectivity index (χ1v) is 8.62. The molecule has 0 aliphatic carbocycles. The lowest BCUT2D eigenvalue weighted by atomic mass is 10.1. The number of likely N-dealkylation sites (tertiary alicyclic amines) is 1. The SMILES string of the molecule is Cc1cccc(NC(=O)N2CCC(CCOc3ccccc3F)C2)c1. The van der Waals surface area contributed by atoms with Crippen molar-refractivity contribution in [2.45, 2.75) is 19.8 Å². The number of aryl methyl sites for hydroxylation is 1. The molecule has 0 radical (unpaired) electrons. The van der Waals surface area contributed by atoms with E-state index in [4.69, 9.17) is 4.74 Å². The molecular formula is C20H23FN2O2. The van der Waals surface area contributed by atoms with Crippen molar-refractivity contribution in [3.63, 3.8) is 0 Å². The van der Waals surface area contributed by atoms with Crippen LogP contribution in [-0.2, 0) is 0 Å². The van der Waals surface area contributed by atoms with Gasteiger partial charge in [0.25, 0.3) is 0 Å². The average Bonchev–Trinajstić information content (AvgIpc) is 3.06. The summed E-state index contributed by atoms with van der Waals surface area (Å²) in [6, 6.07) is 14.1. The number of anilines is 1. The number of carbonyl (C=O) groups excluding carboxylic acids is 1. The van der Waals surface area contributed by atoms with Crippen molar-refractivity contribution in [3.8, 4) is 5.75 Å². The van der Waals surface area contributed by atoms with Gasteiger partial charge in [-0.25, -0.2) is 9.18 Å². The molecular weight excluding hydrogens is 319 g/mol. The van der Waals surface area contributed by atoms with Crippen molar-refractivity contribution < 1.29 is 13.9 Å². The first-order chi connectivity index (χ1) is 12.1. The normalized spacial score (nSPS) is 16.7. The van der Waals surface area contributed by atoms with E-state index in [2.05, 4.69) is 5.32 Å². The summed E-state index contributed by atoms with van der Waals surface area (Å²) in [6.07, 6.45) is 1.75. The smallest absolute Gasteiger partial charge is 0.321 e. The molecule has 3 rings (SSSR count). The fourth-order valence-electron chi connectivity index (χ4n) is 3.08. The second kappa shape index (κ2) is 8.01. The van der Waals surface area contributed by atoms with Gasteiger partial charge in [0.05, 0.1) is 6.61 Å². The van der Waals surface area contributed by atoms with Gasteiger partial charge in [-0.15, -0.1) is 0 Å². The minimum absolute atomic E-state index is 0.0666. The van der Waals surface area contributed by atoms with Crippen molar-refractivity contribution >= 4 is 11.7 Å². The Bertz CT molecular complexity index is 735. The highest BCUT2D eigenvalue weighted by Gasteiger charge is 2.26. The molecule has 1 saturated heterocycles. The van der Waals surface area contributed by atoms with E-state index in [1.54, 1.807) is 18.2 Å². The van der Waals surface area contributed by atoms with Gasteiger partial charge >= 0.3 is 6.03 Å². The molecule has 1 unspecified atom stereocenters. The summed E-state index contributed by atoms with van der Waals surface area (Å²) < 4.78 is 19.0. The molecule has 2 aromatic carbocycles. The Labute approximate surface area is 147 Å². The van der Waals surface area contributed by atoms with Crippen molar-refractivity contribution in [3.05, 3.63) is 59.9 Å². The Balaban J connectivity index is 1.43. The lowest BCUT2D eigenvalue weighted by Crippen LogP contribution is -2.33. The van der Waals surface area contributed by atoms with Crippen LogP contribution in [0.3, 0.4) is 0 Å². The maximum Gasteiger partial charge on any atom is 0.321 e. The number of nitrogens with one attached hydrogen (secondary N) is 1. The fourth-order valence-corrected chi connectivity index (χ4v) is 3.08. The van der Waals surface area contributed by atoms with Crippen LogP contribution in [0.15, 0.2) is 48.5 Å². The lowest BCUT2D eigenvalue weighted by Gasteiger charge is -2.18. The molecule has 4 nitrogen and oxygen atoms in total. The molecule has 1 N–H and O–H groups in total. The van der Waals surface area contributed by atoms with E-state index < -0.39 is 0 Å². The highest BCUT2D eigenvalue weighted by Crippen LogP contribution is 2.22. The molecule has 2 aromatic rings. The molecule has 1 atom stereocenters. The molecule has 1 fully saturated rings. The zero-order valence-electron chi connectivity index (χ0n) is 14.4. The Hall–Kier alpha value is -2.56. The molecule has 132 valence electrons. The molecule has 5 heteroatoms. The third kappa shape index (κ3) is 4.72. The highest BCUT2D eigenvalue weighted by atomic mass is 19.1. The highest BCUT2D eigenvalue weighted by molar-refractivity contribution is 5.89. The van der Waals surface area contributed by atoms with Crippen molar-refractivity contribution in [1.82, 2.24) is 4.90 Å². The zero-order chi connectivity index (χ0) is 17.6. The summed E-state index contributed by atoms with van der Waals surface area (Å²) >= 11 is 0. The number of para-hydroxylation sites is 1. The third-order valence-electron chi connectivity index (χ3n) is 4.46. The van der Waals surface area contributed by atoms with E-state index in [0.717, 1.165) is 30.6 Å². The van der Waals surface area contributed by atoms with Crippen LogP contribution in [0, 0.1) is 18.7 Å².